The molecular formula is C23H22Cl2F3N3O2. The van der Waals surface area contributed by atoms with Crippen molar-refractivity contribution in [1.82, 2.24) is 10.2 Å². The molecule has 5 nitrogen and oxygen atoms in total. The lowest BCUT2D eigenvalue weighted by atomic mass is 9.93. The third kappa shape index (κ3) is 4.98. The molecule has 3 N–H and O–H groups in total. The number of benzene rings is 2. The number of alkyl halides is 3. The molecule has 1 saturated heterocycles. The summed E-state index contributed by atoms with van der Waals surface area (Å²) in [5.74, 6) is -0.662. The van der Waals surface area contributed by atoms with Gasteiger partial charge in [-0.2, -0.15) is 13.2 Å². The SMILES string of the molecule is NC1CN(C(=O)C(Cc2ccc(C(F)(F)F)cc2)NC(=O)C2(c3ccc(Cl)cc3Cl)CC2)C1. The van der Waals surface area contributed by atoms with Crippen LogP contribution in [0.15, 0.2) is 42.5 Å². The summed E-state index contributed by atoms with van der Waals surface area (Å²) in [6.45, 7) is 0.735. The van der Waals surface area contributed by atoms with E-state index in [2.05, 4.69) is 5.32 Å². The maximum Gasteiger partial charge on any atom is 0.416 e. The molecule has 2 aromatic carbocycles. The first-order valence-corrected chi connectivity index (χ1v) is 11.2. The van der Waals surface area contributed by atoms with E-state index >= 15 is 0 Å². The van der Waals surface area contributed by atoms with Crippen LogP contribution in [-0.4, -0.2) is 41.9 Å². The Morgan fingerprint density at radius 2 is 1.76 bits per heavy atom. The van der Waals surface area contributed by atoms with E-state index in [1.54, 1.807) is 18.2 Å². The highest BCUT2D eigenvalue weighted by atomic mass is 35.5. The number of carbonyl (C=O) groups is 2. The number of nitrogens with one attached hydrogen (secondary N) is 1. The minimum atomic E-state index is -4.45. The average molecular weight is 500 g/mol. The van der Waals surface area contributed by atoms with Gasteiger partial charge in [0.15, 0.2) is 0 Å². The van der Waals surface area contributed by atoms with Crippen LogP contribution in [0.1, 0.15) is 29.5 Å². The monoisotopic (exact) mass is 499 g/mol. The Hall–Kier alpha value is -2.29. The molecule has 1 unspecified atom stereocenters. The van der Waals surface area contributed by atoms with Crippen LogP contribution in [0.4, 0.5) is 13.2 Å². The van der Waals surface area contributed by atoms with Crippen LogP contribution in [-0.2, 0) is 27.6 Å². The summed E-state index contributed by atoms with van der Waals surface area (Å²) in [5.41, 5.74) is 5.29. The van der Waals surface area contributed by atoms with Crippen LogP contribution in [0.2, 0.25) is 10.0 Å². The van der Waals surface area contributed by atoms with Crippen LogP contribution in [0.3, 0.4) is 0 Å². The second-order valence-electron chi connectivity index (χ2n) is 8.63. The van der Waals surface area contributed by atoms with Crippen LogP contribution >= 0.6 is 23.2 Å². The lowest BCUT2D eigenvalue weighted by Crippen LogP contribution is -2.63. The van der Waals surface area contributed by atoms with Gasteiger partial charge >= 0.3 is 6.18 Å². The van der Waals surface area contributed by atoms with Gasteiger partial charge in [0.2, 0.25) is 11.8 Å². The number of carbonyl (C=O) groups excluding carboxylic acids is 2. The first-order chi connectivity index (χ1) is 15.5. The first kappa shape index (κ1) is 23.9. The van der Waals surface area contributed by atoms with Crippen molar-refractivity contribution in [3.05, 3.63) is 69.2 Å². The van der Waals surface area contributed by atoms with E-state index in [9.17, 15) is 22.8 Å². The third-order valence-corrected chi connectivity index (χ3v) is 6.73. The number of likely N-dealkylation sites (tertiary alicyclic amines) is 1. The molecule has 0 spiro atoms. The fourth-order valence-corrected chi connectivity index (χ4v) is 4.69. The van der Waals surface area contributed by atoms with E-state index in [1.165, 1.54) is 17.0 Å². The molecular weight excluding hydrogens is 478 g/mol. The number of amides is 2. The Morgan fingerprint density at radius 1 is 1.12 bits per heavy atom. The summed E-state index contributed by atoms with van der Waals surface area (Å²) in [5, 5.41) is 3.65. The van der Waals surface area contributed by atoms with Crippen molar-refractivity contribution in [3.63, 3.8) is 0 Å². The number of halogens is 5. The van der Waals surface area contributed by atoms with Crippen LogP contribution in [0.5, 0.6) is 0 Å². The van der Waals surface area contributed by atoms with Gasteiger partial charge in [-0.3, -0.25) is 9.59 Å². The fraction of sp³-hybridized carbons (Fsp3) is 0.391. The third-order valence-electron chi connectivity index (χ3n) is 6.18. The molecule has 176 valence electrons. The summed E-state index contributed by atoms with van der Waals surface area (Å²) in [4.78, 5) is 27.9. The van der Waals surface area contributed by atoms with Gasteiger partial charge in [0.25, 0.3) is 0 Å². The highest BCUT2D eigenvalue weighted by molar-refractivity contribution is 6.35. The molecule has 1 saturated carbocycles. The zero-order chi connectivity index (χ0) is 24.0. The van der Waals surface area contributed by atoms with Crippen molar-refractivity contribution in [2.24, 2.45) is 5.73 Å². The molecule has 33 heavy (non-hydrogen) atoms. The van der Waals surface area contributed by atoms with Gasteiger partial charge in [-0.05, 0) is 48.2 Å². The quantitative estimate of drug-likeness (QED) is 0.631. The van der Waals surface area contributed by atoms with E-state index in [0.29, 0.717) is 47.1 Å². The molecule has 10 heteroatoms. The van der Waals surface area contributed by atoms with E-state index in [0.717, 1.165) is 12.1 Å². The van der Waals surface area contributed by atoms with Crippen molar-refractivity contribution in [3.8, 4) is 0 Å². The van der Waals surface area contributed by atoms with E-state index in [-0.39, 0.29) is 24.3 Å². The van der Waals surface area contributed by atoms with Crippen LogP contribution < -0.4 is 11.1 Å². The molecule has 2 amide bonds. The fourth-order valence-electron chi connectivity index (χ4n) is 4.10. The van der Waals surface area contributed by atoms with Gasteiger partial charge in [0, 0.05) is 35.6 Å². The number of hydrogen-bond donors (Lipinski definition) is 2. The molecule has 1 atom stereocenters. The standard InChI is InChI=1S/C23H22Cl2F3N3O2/c24-15-5-6-17(18(25)10-15)22(7-8-22)21(33)30-19(20(32)31-11-16(29)12-31)9-13-1-3-14(4-2-13)23(26,27)28/h1-6,10,16,19H,7-9,11-12,29H2,(H,30,33). The van der Waals surface area contributed by atoms with Crippen molar-refractivity contribution >= 4 is 35.0 Å². The minimum absolute atomic E-state index is 0.0544. The first-order valence-electron chi connectivity index (χ1n) is 10.5. The molecule has 2 aromatic rings. The van der Waals surface area contributed by atoms with Crippen molar-refractivity contribution in [2.45, 2.75) is 42.9 Å². The highest BCUT2D eigenvalue weighted by Crippen LogP contribution is 2.51. The maximum absolute atomic E-state index is 13.3. The Balaban J connectivity index is 1.55. The second-order valence-corrected chi connectivity index (χ2v) is 9.48. The normalized spacial score (nSPS) is 18.4. The average Bonchev–Trinajstić information content (AvgIpc) is 3.52. The zero-order valence-electron chi connectivity index (χ0n) is 17.5. The van der Waals surface area contributed by atoms with Crippen LogP contribution in [0, 0.1) is 0 Å². The largest absolute Gasteiger partial charge is 0.416 e. The topological polar surface area (TPSA) is 75.4 Å². The van der Waals surface area contributed by atoms with E-state index in [1.807, 2.05) is 0 Å². The van der Waals surface area contributed by atoms with Crippen molar-refractivity contribution in [1.29, 1.82) is 0 Å². The summed E-state index contributed by atoms with van der Waals surface area (Å²) in [6, 6.07) is 8.44. The van der Waals surface area contributed by atoms with Gasteiger partial charge in [-0.25, -0.2) is 0 Å². The van der Waals surface area contributed by atoms with E-state index in [4.69, 9.17) is 28.9 Å². The van der Waals surface area contributed by atoms with Crippen molar-refractivity contribution in [2.75, 3.05) is 13.1 Å². The summed E-state index contributed by atoms with van der Waals surface area (Å²) in [6.07, 6.45) is -3.27. The molecule has 4 rings (SSSR count). The summed E-state index contributed by atoms with van der Waals surface area (Å²) in [7, 11) is 0. The molecule has 1 aliphatic carbocycles. The van der Waals surface area contributed by atoms with Gasteiger partial charge in [0.1, 0.15) is 6.04 Å². The predicted molar refractivity (Wildman–Crippen MR) is 119 cm³/mol. The molecule has 0 bridgehead atoms. The van der Waals surface area contributed by atoms with Gasteiger partial charge in [0.05, 0.1) is 11.0 Å². The molecule has 0 radical (unpaired) electrons. The van der Waals surface area contributed by atoms with Gasteiger partial charge in [-0.1, -0.05) is 41.4 Å². The molecule has 1 aliphatic heterocycles. The van der Waals surface area contributed by atoms with Gasteiger partial charge in [-0.15, -0.1) is 0 Å². The lowest BCUT2D eigenvalue weighted by molar-refractivity contribution is -0.140. The van der Waals surface area contributed by atoms with Crippen molar-refractivity contribution < 1.29 is 22.8 Å². The highest BCUT2D eigenvalue weighted by Gasteiger charge is 2.53. The molecule has 0 aromatic heterocycles. The number of nitrogens with two attached hydrogens (primary N) is 1. The van der Waals surface area contributed by atoms with E-state index < -0.39 is 23.2 Å². The molecule has 2 fully saturated rings. The molecule has 1 heterocycles. The minimum Gasteiger partial charge on any atom is -0.343 e. The van der Waals surface area contributed by atoms with Crippen LogP contribution in [0.25, 0.3) is 0 Å². The lowest BCUT2D eigenvalue weighted by Gasteiger charge is -2.39. The second kappa shape index (κ2) is 8.81. The number of hydrogen-bond acceptors (Lipinski definition) is 3. The number of rotatable bonds is 6. The molecule has 2 aliphatic rings. The smallest absolute Gasteiger partial charge is 0.343 e. The van der Waals surface area contributed by atoms with Gasteiger partial charge < -0.3 is 16.0 Å². The Morgan fingerprint density at radius 3 is 2.27 bits per heavy atom. The summed E-state index contributed by atoms with van der Waals surface area (Å²) < 4.78 is 38.7. The zero-order valence-corrected chi connectivity index (χ0v) is 19.0. The number of nitrogens with zero attached hydrogens (tertiary/aromatic N) is 1. The summed E-state index contributed by atoms with van der Waals surface area (Å²) >= 11 is 12.3. The predicted octanol–water partition coefficient (Wildman–Crippen LogP) is 3.94. The Kier molecular flexibility index (Phi) is 6.37. The Bertz CT molecular complexity index is 1070. The maximum atomic E-state index is 13.3. The Labute approximate surface area is 199 Å².